The Labute approximate surface area is 191 Å². The highest BCUT2D eigenvalue weighted by atomic mass is 16.2. The van der Waals surface area contributed by atoms with E-state index in [2.05, 4.69) is 20.4 Å². The van der Waals surface area contributed by atoms with E-state index < -0.39 is 5.54 Å². The van der Waals surface area contributed by atoms with Crippen molar-refractivity contribution >= 4 is 34.3 Å². The zero-order valence-corrected chi connectivity index (χ0v) is 18.5. The Balaban J connectivity index is 1.38. The number of piperidine rings is 1. The Hall–Kier alpha value is -3.88. The summed E-state index contributed by atoms with van der Waals surface area (Å²) < 4.78 is 0. The van der Waals surface area contributed by atoms with Crippen molar-refractivity contribution in [1.82, 2.24) is 25.3 Å². The zero-order valence-electron chi connectivity index (χ0n) is 18.5. The highest BCUT2D eigenvalue weighted by molar-refractivity contribution is 5.99. The Morgan fingerprint density at radius 3 is 2.61 bits per heavy atom. The lowest BCUT2D eigenvalue weighted by atomic mass is 9.85. The number of H-pyrrole nitrogens is 1. The highest BCUT2D eigenvalue weighted by Gasteiger charge is 2.54. The summed E-state index contributed by atoms with van der Waals surface area (Å²) >= 11 is 0. The molecular weight excluding hydrogens is 420 g/mol. The fourth-order valence-electron chi connectivity index (χ4n) is 4.91. The molecule has 3 aromatic rings. The van der Waals surface area contributed by atoms with Gasteiger partial charge in [-0.25, -0.2) is 0 Å². The number of aromatic nitrogens is 2. The van der Waals surface area contributed by atoms with Gasteiger partial charge in [0, 0.05) is 36.8 Å². The largest absolute Gasteiger partial charge is 0.358 e. The van der Waals surface area contributed by atoms with Gasteiger partial charge < -0.3 is 20.0 Å². The lowest BCUT2D eigenvalue weighted by molar-refractivity contribution is -0.137. The van der Waals surface area contributed by atoms with Gasteiger partial charge in [-0.2, -0.15) is 5.10 Å². The van der Waals surface area contributed by atoms with Gasteiger partial charge in [0.2, 0.25) is 5.91 Å². The van der Waals surface area contributed by atoms with Crippen LogP contribution < -0.4 is 10.2 Å². The van der Waals surface area contributed by atoms with Crippen LogP contribution in [0.1, 0.15) is 23.2 Å². The normalized spacial score (nSPS) is 17.7. The summed E-state index contributed by atoms with van der Waals surface area (Å²) in [7, 11) is 1.57. The Morgan fingerprint density at radius 1 is 1.12 bits per heavy atom. The van der Waals surface area contributed by atoms with Gasteiger partial charge in [0.25, 0.3) is 11.8 Å². The maximum atomic E-state index is 13.6. The molecular formula is C24H26N6O3. The fourth-order valence-corrected chi connectivity index (χ4v) is 4.91. The van der Waals surface area contributed by atoms with Gasteiger partial charge in [0.1, 0.15) is 12.1 Å². The van der Waals surface area contributed by atoms with Crippen LogP contribution in [0.2, 0.25) is 0 Å². The zero-order chi connectivity index (χ0) is 23.0. The predicted molar refractivity (Wildman–Crippen MR) is 124 cm³/mol. The SMILES string of the molecule is CNC(=O)CN1CN(c2ccccc2)C2(CCN(C(=O)c3ccc4[nH]ncc4c3)CC2)C1=O. The minimum atomic E-state index is -0.763. The molecule has 2 saturated heterocycles. The second-order valence-corrected chi connectivity index (χ2v) is 8.58. The molecule has 0 bridgehead atoms. The van der Waals surface area contributed by atoms with Crippen LogP contribution in [-0.4, -0.2) is 76.6 Å². The van der Waals surface area contributed by atoms with Crippen molar-refractivity contribution in [3.05, 3.63) is 60.3 Å². The van der Waals surface area contributed by atoms with Crippen LogP contribution in [0, 0.1) is 0 Å². The van der Waals surface area contributed by atoms with Crippen LogP contribution >= 0.6 is 0 Å². The molecule has 2 aliphatic heterocycles. The molecule has 9 heteroatoms. The third kappa shape index (κ3) is 3.59. The van der Waals surface area contributed by atoms with Crippen molar-refractivity contribution < 1.29 is 14.4 Å². The summed E-state index contributed by atoms with van der Waals surface area (Å²) in [5.41, 5.74) is 1.67. The number of aromatic amines is 1. The fraction of sp³-hybridized carbons (Fsp3) is 0.333. The number of nitrogens with zero attached hydrogens (tertiary/aromatic N) is 4. The summed E-state index contributed by atoms with van der Waals surface area (Å²) in [6.45, 7) is 1.30. The molecule has 2 fully saturated rings. The van der Waals surface area contributed by atoms with Gasteiger partial charge in [0.05, 0.1) is 18.4 Å². The molecule has 9 nitrogen and oxygen atoms in total. The first-order valence-corrected chi connectivity index (χ1v) is 11.1. The summed E-state index contributed by atoms with van der Waals surface area (Å²) in [4.78, 5) is 44.3. The first kappa shape index (κ1) is 21.0. The molecule has 0 radical (unpaired) electrons. The minimum Gasteiger partial charge on any atom is -0.358 e. The number of hydrogen-bond donors (Lipinski definition) is 2. The maximum Gasteiger partial charge on any atom is 0.253 e. The molecule has 0 aliphatic carbocycles. The number of fused-ring (bicyclic) bond motifs is 1. The average Bonchev–Trinajstić information content (AvgIpc) is 3.43. The number of hydrogen-bond acceptors (Lipinski definition) is 5. The van der Waals surface area contributed by atoms with E-state index in [1.54, 1.807) is 24.2 Å². The van der Waals surface area contributed by atoms with Gasteiger partial charge >= 0.3 is 0 Å². The Bertz CT molecular complexity index is 1200. The molecule has 0 unspecified atom stereocenters. The van der Waals surface area contributed by atoms with Crippen molar-refractivity contribution in [3.63, 3.8) is 0 Å². The number of para-hydroxylation sites is 1. The quantitative estimate of drug-likeness (QED) is 0.634. The number of anilines is 1. The van der Waals surface area contributed by atoms with E-state index in [1.165, 1.54) is 0 Å². The molecule has 3 heterocycles. The molecule has 2 aliphatic rings. The number of carbonyl (C=O) groups is 3. The molecule has 0 atom stereocenters. The molecule has 3 amide bonds. The van der Waals surface area contributed by atoms with Crippen LogP contribution in [0.4, 0.5) is 5.69 Å². The van der Waals surface area contributed by atoms with Crippen molar-refractivity contribution in [2.75, 3.05) is 38.3 Å². The van der Waals surface area contributed by atoms with Crippen molar-refractivity contribution in [3.8, 4) is 0 Å². The van der Waals surface area contributed by atoms with Gasteiger partial charge in [-0.1, -0.05) is 18.2 Å². The van der Waals surface area contributed by atoms with Crippen molar-refractivity contribution in [1.29, 1.82) is 0 Å². The Morgan fingerprint density at radius 2 is 1.88 bits per heavy atom. The van der Waals surface area contributed by atoms with Gasteiger partial charge in [-0.15, -0.1) is 0 Å². The number of carbonyl (C=O) groups excluding carboxylic acids is 3. The topological polar surface area (TPSA) is 102 Å². The first-order valence-electron chi connectivity index (χ1n) is 11.1. The lowest BCUT2D eigenvalue weighted by Crippen LogP contribution is -2.57. The van der Waals surface area contributed by atoms with Gasteiger partial charge in [0.15, 0.2) is 0 Å². The smallest absolute Gasteiger partial charge is 0.253 e. The molecule has 2 aromatic carbocycles. The van der Waals surface area contributed by atoms with Crippen LogP contribution in [0.15, 0.2) is 54.7 Å². The average molecular weight is 447 g/mol. The molecule has 2 N–H and O–H groups in total. The van der Waals surface area contributed by atoms with E-state index in [4.69, 9.17) is 0 Å². The molecule has 170 valence electrons. The monoisotopic (exact) mass is 446 g/mol. The van der Waals surface area contributed by atoms with Crippen LogP contribution in [0.5, 0.6) is 0 Å². The van der Waals surface area contributed by atoms with E-state index in [1.807, 2.05) is 47.4 Å². The van der Waals surface area contributed by atoms with Crippen molar-refractivity contribution in [2.45, 2.75) is 18.4 Å². The maximum absolute atomic E-state index is 13.6. The van der Waals surface area contributed by atoms with E-state index in [0.29, 0.717) is 38.2 Å². The van der Waals surface area contributed by atoms with Crippen LogP contribution in [0.3, 0.4) is 0 Å². The first-order chi connectivity index (χ1) is 16.0. The van der Waals surface area contributed by atoms with E-state index in [9.17, 15) is 14.4 Å². The van der Waals surface area contributed by atoms with E-state index >= 15 is 0 Å². The number of likely N-dealkylation sites (tertiary alicyclic amines) is 1. The van der Waals surface area contributed by atoms with Crippen molar-refractivity contribution in [2.24, 2.45) is 0 Å². The van der Waals surface area contributed by atoms with Gasteiger partial charge in [-0.05, 0) is 43.2 Å². The summed E-state index contributed by atoms with van der Waals surface area (Å²) in [5.74, 6) is -0.301. The third-order valence-corrected chi connectivity index (χ3v) is 6.76. The van der Waals surface area contributed by atoms with Crippen LogP contribution in [-0.2, 0) is 9.59 Å². The molecule has 0 saturated carbocycles. The summed E-state index contributed by atoms with van der Waals surface area (Å²) in [6.07, 6.45) is 2.71. The second-order valence-electron chi connectivity index (χ2n) is 8.58. The van der Waals surface area contributed by atoms with Crippen LogP contribution in [0.25, 0.3) is 10.9 Å². The number of amides is 3. The summed E-state index contributed by atoms with van der Waals surface area (Å²) in [5, 5.41) is 10.4. The van der Waals surface area contributed by atoms with Gasteiger partial charge in [-0.3, -0.25) is 19.5 Å². The second kappa shape index (κ2) is 8.23. The molecule has 1 aromatic heterocycles. The molecule has 1 spiro atoms. The Kier molecular flexibility index (Phi) is 5.24. The number of benzene rings is 2. The summed E-state index contributed by atoms with van der Waals surface area (Å²) in [6, 6.07) is 15.3. The third-order valence-electron chi connectivity index (χ3n) is 6.76. The van der Waals surface area contributed by atoms with E-state index in [0.717, 1.165) is 16.6 Å². The highest BCUT2D eigenvalue weighted by Crippen LogP contribution is 2.39. The van der Waals surface area contributed by atoms with E-state index in [-0.39, 0.29) is 24.3 Å². The number of likely N-dealkylation sites (N-methyl/N-ethyl adjacent to an activating group) is 1. The molecule has 33 heavy (non-hydrogen) atoms. The molecule has 5 rings (SSSR count). The predicted octanol–water partition coefficient (Wildman–Crippen LogP) is 1.59. The lowest BCUT2D eigenvalue weighted by Gasteiger charge is -2.43. The standard InChI is InChI=1S/C24H26N6O3/c1-25-21(31)15-29-16-30(19-5-3-2-4-6-19)24(23(29)33)9-11-28(12-10-24)22(32)17-7-8-20-18(13-17)14-26-27-20/h2-8,13-14H,9-12,15-16H2,1H3,(H,25,31)(H,26,27). The number of rotatable bonds is 4. The number of nitrogens with one attached hydrogen (secondary N) is 2. The minimum absolute atomic E-state index is 0.0216.